The van der Waals surface area contributed by atoms with E-state index in [4.69, 9.17) is 4.74 Å². The van der Waals surface area contributed by atoms with Gasteiger partial charge in [0.2, 0.25) is 10.0 Å². The summed E-state index contributed by atoms with van der Waals surface area (Å²) < 4.78 is 30.8. The third kappa shape index (κ3) is 4.73. The first-order valence-corrected chi connectivity index (χ1v) is 10.0. The molecule has 1 aromatic carbocycles. The summed E-state index contributed by atoms with van der Waals surface area (Å²) in [5.74, 6) is 0.0676. The minimum atomic E-state index is -3.44. The van der Waals surface area contributed by atoms with Gasteiger partial charge in [0.15, 0.2) is 5.69 Å². The molecule has 0 atom stereocenters. The van der Waals surface area contributed by atoms with Gasteiger partial charge in [-0.2, -0.15) is 5.10 Å². The zero-order chi connectivity index (χ0) is 18.8. The van der Waals surface area contributed by atoms with Gasteiger partial charge in [-0.3, -0.25) is 14.6 Å². The fourth-order valence-corrected chi connectivity index (χ4v) is 3.50. The van der Waals surface area contributed by atoms with E-state index in [9.17, 15) is 13.2 Å². The molecule has 0 saturated carbocycles. The fourth-order valence-electron chi connectivity index (χ4n) is 2.12. The molecule has 0 spiro atoms. The first kappa shape index (κ1) is 19.3. The number of nitrogens with one attached hydrogen (secondary N) is 3. The summed E-state index contributed by atoms with van der Waals surface area (Å²) in [5.41, 5.74) is 1.80. The van der Waals surface area contributed by atoms with Crippen molar-refractivity contribution in [2.24, 2.45) is 0 Å². The van der Waals surface area contributed by atoms with Crippen LogP contribution in [0.2, 0.25) is 0 Å². The van der Waals surface area contributed by atoms with Crippen LogP contribution in [0, 0.1) is 0 Å². The van der Waals surface area contributed by atoms with E-state index >= 15 is 0 Å². The van der Waals surface area contributed by atoms with Crippen LogP contribution < -0.4 is 14.8 Å². The highest BCUT2D eigenvalue weighted by atomic mass is 79.9. The number of methoxy groups -OCH3 is 1. The van der Waals surface area contributed by atoms with Crippen molar-refractivity contribution in [3.8, 4) is 5.75 Å². The number of H-pyrrole nitrogens is 1. The molecule has 0 aliphatic rings. The monoisotopic (exact) mass is 430 g/mol. The number of carbonyl (C=O) groups excluding carboxylic acids is 1. The molecule has 3 N–H and O–H groups in total. The van der Waals surface area contributed by atoms with E-state index in [1.807, 2.05) is 13.8 Å². The summed E-state index contributed by atoms with van der Waals surface area (Å²) in [5, 5.41) is 9.58. The third-order valence-corrected chi connectivity index (χ3v) is 4.67. The molecule has 136 valence electrons. The van der Waals surface area contributed by atoms with Crippen molar-refractivity contribution in [2.75, 3.05) is 23.4 Å². The van der Waals surface area contributed by atoms with Gasteiger partial charge >= 0.3 is 0 Å². The van der Waals surface area contributed by atoms with Crippen LogP contribution in [0.3, 0.4) is 0 Å². The number of hydrogen-bond acceptors (Lipinski definition) is 5. The molecule has 0 saturated heterocycles. The number of anilines is 2. The maximum Gasteiger partial charge on any atom is 0.277 e. The molecule has 25 heavy (non-hydrogen) atoms. The van der Waals surface area contributed by atoms with Crippen LogP contribution in [0.25, 0.3) is 0 Å². The fraction of sp³-hybridized carbons (Fsp3) is 0.333. The molecule has 0 radical (unpaired) electrons. The van der Waals surface area contributed by atoms with E-state index in [0.717, 1.165) is 11.9 Å². The summed E-state index contributed by atoms with van der Waals surface area (Å²) in [6.45, 7) is 3.97. The number of benzene rings is 1. The zero-order valence-corrected chi connectivity index (χ0v) is 16.6. The first-order valence-electron chi connectivity index (χ1n) is 7.33. The van der Waals surface area contributed by atoms with E-state index in [1.54, 1.807) is 6.07 Å². The zero-order valence-electron chi connectivity index (χ0n) is 14.2. The molecule has 1 aromatic heterocycles. The molecule has 2 aromatic rings. The van der Waals surface area contributed by atoms with Crippen molar-refractivity contribution in [1.82, 2.24) is 10.2 Å². The van der Waals surface area contributed by atoms with Crippen molar-refractivity contribution in [3.05, 3.63) is 34.1 Å². The lowest BCUT2D eigenvalue weighted by molar-refractivity contribution is 0.102. The Bertz CT molecular complexity index is 893. The van der Waals surface area contributed by atoms with Crippen molar-refractivity contribution in [1.29, 1.82) is 0 Å². The van der Waals surface area contributed by atoms with Gasteiger partial charge in [0, 0.05) is 11.8 Å². The van der Waals surface area contributed by atoms with Crippen molar-refractivity contribution in [2.45, 2.75) is 19.8 Å². The second-order valence-corrected chi connectivity index (χ2v) is 8.24. The summed E-state index contributed by atoms with van der Waals surface area (Å²) in [7, 11) is -2.03. The van der Waals surface area contributed by atoms with Crippen molar-refractivity contribution in [3.63, 3.8) is 0 Å². The quantitative estimate of drug-likeness (QED) is 0.651. The number of carbonyl (C=O) groups is 1. The average molecular weight is 431 g/mol. The number of aromatic nitrogens is 2. The van der Waals surface area contributed by atoms with Crippen LogP contribution in [-0.4, -0.2) is 37.9 Å². The Morgan fingerprint density at radius 3 is 2.56 bits per heavy atom. The standard InChI is InChI=1S/C15H19BrN4O4S/c1-8(2)13-12(16)14(19-18-13)15(21)17-9-5-6-10(11(7-9)24-3)20-25(4,22)23/h5-8,20H,1-4H3,(H,17,21)(H,18,19). The Morgan fingerprint density at radius 1 is 1.36 bits per heavy atom. The minimum absolute atomic E-state index is 0.185. The second-order valence-electron chi connectivity index (χ2n) is 5.70. The Balaban J connectivity index is 2.24. The minimum Gasteiger partial charge on any atom is -0.494 e. The van der Waals surface area contributed by atoms with Crippen LogP contribution in [-0.2, 0) is 10.0 Å². The lowest BCUT2D eigenvalue weighted by Crippen LogP contribution is -2.14. The number of halogens is 1. The van der Waals surface area contributed by atoms with E-state index < -0.39 is 15.9 Å². The molecule has 1 amide bonds. The van der Waals surface area contributed by atoms with Crippen LogP contribution in [0.5, 0.6) is 5.75 Å². The molecule has 0 aliphatic carbocycles. The Kier molecular flexibility index (Phi) is 5.73. The van der Waals surface area contributed by atoms with E-state index in [2.05, 4.69) is 36.2 Å². The van der Waals surface area contributed by atoms with Gasteiger partial charge in [-0.05, 0) is 34.0 Å². The highest BCUT2D eigenvalue weighted by molar-refractivity contribution is 9.10. The van der Waals surface area contributed by atoms with Crippen LogP contribution in [0.4, 0.5) is 11.4 Å². The van der Waals surface area contributed by atoms with Crippen LogP contribution >= 0.6 is 15.9 Å². The lowest BCUT2D eigenvalue weighted by Gasteiger charge is -2.12. The van der Waals surface area contributed by atoms with Gasteiger partial charge in [0.25, 0.3) is 5.91 Å². The highest BCUT2D eigenvalue weighted by Gasteiger charge is 2.20. The molecule has 2 rings (SSSR count). The van der Waals surface area contributed by atoms with Gasteiger partial charge in [-0.1, -0.05) is 13.8 Å². The molecular weight excluding hydrogens is 412 g/mol. The van der Waals surface area contributed by atoms with Crippen LogP contribution in [0.1, 0.15) is 35.9 Å². The summed E-state index contributed by atoms with van der Waals surface area (Å²) in [6, 6.07) is 4.60. The Hall–Kier alpha value is -2.07. The maximum atomic E-state index is 12.4. The Labute approximate surface area is 154 Å². The maximum absolute atomic E-state index is 12.4. The predicted molar refractivity (Wildman–Crippen MR) is 99.8 cm³/mol. The SMILES string of the molecule is COc1cc(NC(=O)c2n[nH]c(C(C)C)c2Br)ccc1NS(C)(=O)=O. The number of amides is 1. The Morgan fingerprint density at radius 2 is 2.04 bits per heavy atom. The van der Waals surface area contributed by atoms with Gasteiger partial charge in [-0.25, -0.2) is 8.42 Å². The summed E-state index contributed by atoms with van der Waals surface area (Å²) >= 11 is 3.38. The lowest BCUT2D eigenvalue weighted by atomic mass is 10.1. The number of sulfonamides is 1. The molecular formula is C15H19BrN4O4S. The van der Waals surface area contributed by atoms with E-state index in [-0.39, 0.29) is 23.0 Å². The molecule has 1 heterocycles. The molecule has 8 nitrogen and oxygen atoms in total. The van der Waals surface area contributed by atoms with E-state index in [0.29, 0.717) is 10.2 Å². The van der Waals surface area contributed by atoms with Crippen molar-refractivity contribution >= 4 is 43.2 Å². The number of ether oxygens (including phenoxy) is 1. The molecule has 0 aliphatic heterocycles. The number of hydrogen-bond donors (Lipinski definition) is 3. The number of rotatable bonds is 6. The topological polar surface area (TPSA) is 113 Å². The van der Waals surface area contributed by atoms with Gasteiger partial charge in [-0.15, -0.1) is 0 Å². The molecule has 0 bridgehead atoms. The molecule has 0 unspecified atom stereocenters. The third-order valence-electron chi connectivity index (χ3n) is 3.28. The smallest absolute Gasteiger partial charge is 0.277 e. The number of nitrogens with zero attached hydrogens (tertiary/aromatic N) is 1. The first-order chi connectivity index (χ1) is 11.6. The van der Waals surface area contributed by atoms with E-state index in [1.165, 1.54) is 19.2 Å². The molecule has 10 heteroatoms. The number of aromatic amines is 1. The second kappa shape index (κ2) is 7.44. The van der Waals surface area contributed by atoms with Gasteiger partial charge < -0.3 is 10.1 Å². The largest absolute Gasteiger partial charge is 0.494 e. The summed E-state index contributed by atoms with van der Waals surface area (Å²) in [6.07, 6.45) is 1.05. The van der Waals surface area contributed by atoms with Crippen LogP contribution in [0.15, 0.2) is 22.7 Å². The van der Waals surface area contributed by atoms with Crippen molar-refractivity contribution < 1.29 is 17.9 Å². The summed E-state index contributed by atoms with van der Waals surface area (Å²) in [4.78, 5) is 12.4. The average Bonchev–Trinajstić information content (AvgIpc) is 2.89. The molecule has 0 fully saturated rings. The van der Waals surface area contributed by atoms with Gasteiger partial charge in [0.05, 0.1) is 29.2 Å². The predicted octanol–water partition coefficient (Wildman–Crippen LogP) is 2.93. The van der Waals surface area contributed by atoms with Gasteiger partial charge in [0.1, 0.15) is 5.75 Å². The normalized spacial score (nSPS) is 11.4. The highest BCUT2D eigenvalue weighted by Crippen LogP contribution is 2.30.